The second-order valence-electron chi connectivity index (χ2n) is 4.93. The molecule has 0 spiro atoms. The number of ether oxygens (including phenoxy) is 1. The van der Waals surface area contributed by atoms with Crippen LogP contribution in [0.4, 0.5) is 4.39 Å². The van der Waals surface area contributed by atoms with Gasteiger partial charge in [0.05, 0.1) is 12.6 Å². The van der Waals surface area contributed by atoms with Crippen molar-refractivity contribution in [2.45, 2.75) is 16.2 Å². The van der Waals surface area contributed by atoms with E-state index in [1.807, 2.05) is 30.5 Å². The molecule has 3 N–H and O–H groups in total. The number of rotatable bonds is 5. The van der Waals surface area contributed by atoms with Crippen molar-refractivity contribution in [2.24, 2.45) is 5.73 Å². The number of nitrogens with two attached hydrogens (primary N) is 1. The number of H-pyrrole nitrogens is 1. The molecular formula is C17H17FN2OS. The summed E-state index contributed by atoms with van der Waals surface area (Å²) in [6.07, 6.45) is 2.61. The Hall–Kier alpha value is -1.98. The Balaban J connectivity index is 2.00. The van der Waals surface area contributed by atoms with E-state index in [1.54, 1.807) is 24.9 Å². The monoisotopic (exact) mass is 316 g/mol. The molecule has 0 aliphatic rings. The van der Waals surface area contributed by atoms with Crippen LogP contribution in [-0.4, -0.2) is 18.6 Å². The van der Waals surface area contributed by atoms with Gasteiger partial charge in [-0.15, -0.1) is 0 Å². The summed E-state index contributed by atoms with van der Waals surface area (Å²) in [5, 5.41) is 1.09. The standard InChI is InChI=1S/C17H17FN2OS/c1-21-14-4-2-3-13-16(10-20-17(13)14)22-15-6-5-12(18)9-11(15)7-8-19/h2-6,9-10,20H,7-8,19H2,1H3. The van der Waals surface area contributed by atoms with Crippen LogP contribution in [0.25, 0.3) is 10.9 Å². The van der Waals surface area contributed by atoms with Gasteiger partial charge < -0.3 is 15.5 Å². The molecule has 0 saturated heterocycles. The van der Waals surface area contributed by atoms with Gasteiger partial charge in [-0.1, -0.05) is 23.9 Å². The third-order valence-electron chi connectivity index (χ3n) is 3.52. The van der Waals surface area contributed by atoms with Gasteiger partial charge in [-0.3, -0.25) is 0 Å². The summed E-state index contributed by atoms with van der Waals surface area (Å²) >= 11 is 1.61. The lowest BCUT2D eigenvalue weighted by Crippen LogP contribution is -2.04. The number of benzene rings is 2. The van der Waals surface area contributed by atoms with Gasteiger partial charge in [-0.2, -0.15) is 0 Å². The molecule has 1 heterocycles. The zero-order chi connectivity index (χ0) is 15.5. The van der Waals surface area contributed by atoms with Crippen LogP contribution in [0.2, 0.25) is 0 Å². The molecule has 0 radical (unpaired) electrons. The van der Waals surface area contributed by atoms with Crippen LogP contribution >= 0.6 is 11.8 Å². The first-order chi connectivity index (χ1) is 10.7. The molecule has 0 atom stereocenters. The molecule has 1 aromatic heterocycles. The van der Waals surface area contributed by atoms with Crippen molar-refractivity contribution in [1.82, 2.24) is 4.98 Å². The summed E-state index contributed by atoms with van der Waals surface area (Å²) in [5.74, 6) is 0.582. The van der Waals surface area contributed by atoms with Crippen molar-refractivity contribution in [3.8, 4) is 5.75 Å². The molecule has 22 heavy (non-hydrogen) atoms. The first kappa shape index (κ1) is 14.9. The third kappa shape index (κ3) is 2.82. The maximum absolute atomic E-state index is 13.4. The lowest BCUT2D eigenvalue weighted by molar-refractivity contribution is 0.419. The molecule has 3 nitrogen and oxygen atoms in total. The molecule has 0 unspecified atom stereocenters. The fraction of sp³-hybridized carbons (Fsp3) is 0.176. The zero-order valence-electron chi connectivity index (χ0n) is 12.2. The first-order valence-electron chi connectivity index (χ1n) is 7.03. The van der Waals surface area contributed by atoms with E-state index in [2.05, 4.69) is 4.98 Å². The number of para-hydroxylation sites is 1. The number of hydrogen-bond donors (Lipinski definition) is 2. The Morgan fingerprint density at radius 3 is 2.86 bits per heavy atom. The fourth-order valence-electron chi connectivity index (χ4n) is 2.47. The first-order valence-corrected chi connectivity index (χ1v) is 7.85. The van der Waals surface area contributed by atoms with Gasteiger partial charge in [0.1, 0.15) is 11.6 Å². The summed E-state index contributed by atoms with van der Waals surface area (Å²) in [4.78, 5) is 5.35. The SMILES string of the molecule is COc1cccc2c(Sc3ccc(F)cc3CCN)c[nH]c12. The van der Waals surface area contributed by atoms with Crippen molar-refractivity contribution < 1.29 is 9.13 Å². The second kappa shape index (κ2) is 6.42. The summed E-state index contributed by atoms with van der Waals surface area (Å²) < 4.78 is 18.8. The molecule has 3 rings (SSSR count). The maximum Gasteiger partial charge on any atom is 0.142 e. The van der Waals surface area contributed by atoms with E-state index >= 15 is 0 Å². The molecule has 0 aliphatic carbocycles. The number of fused-ring (bicyclic) bond motifs is 1. The highest BCUT2D eigenvalue weighted by molar-refractivity contribution is 7.99. The molecule has 0 saturated carbocycles. The molecule has 3 aromatic rings. The lowest BCUT2D eigenvalue weighted by Gasteiger charge is -2.08. The Labute approximate surface area is 132 Å². The summed E-state index contributed by atoms with van der Waals surface area (Å²) in [5.41, 5.74) is 7.53. The van der Waals surface area contributed by atoms with Gasteiger partial charge >= 0.3 is 0 Å². The van der Waals surface area contributed by atoms with Gasteiger partial charge in [-0.05, 0) is 42.8 Å². The van der Waals surface area contributed by atoms with E-state index in [0.717, 1.165) is 32.0 Å². The summed E-state index contributed by atoms with van der Waals surface area (Å²) in [7, 11) is 1.65. The molecule has 114 valence electrons. The van der Waals surface area contributed by atoms with Crippen LogP contribution in [0.3, 0.4) is 0 Å². The van der Waals surface area contributed by atoms with E-state index in [0.29, 0.717) is 13.0 Å². The highest BCUT2D eigenvalue weighted by Crippen LogP contribution is 2.38. The summed E-state index contributed by atoms with van der Waals surface area (Å²) in [6.45, 7) is 0.499. The molecular weight excluding hydrogens is 299 g/mol. The van der Waals surface area contributed by atoms with Gasteiger partial charge in [0, 0.05) is 21.4 Å². The van der Waals surface area contributed by atoms with Gasteiger partial charge in [-0.25, -0.2) is 4.39 Å². The average molecular weight is 316 g/mol. The summed E-state index contributed by atoms with van der Waals surface area (Å²) in [6, 6.07) is 10.8. The topological polar surface area (TPSA) is 51.0 Å². The van der Waals surface area contributed by atoms with Crippen molar-refractivity contribution in [3.05, 3.63) is 54.0 Å². The third-order valence-corrected chi connectivity index (χ3v) is 4.69. The molecule has 0 aliphatic heterocycles. The number of nitrogens with one attached hydrogen (secondary N) is 1. The van der Waals surface area contributed by atoms with Crippen molar-refractivity contribution in [3.63, 3.8) is 0 Å². The van der Waals surface area contributed by atoms with Gasteiger partial charge in [0.2, 0.25) is 0 Å². The predicted octanol–water partition coefficient (Wildman–Crippen LogP) is 3.97. The minimum Gasteiger partial charge on any atom is -0.495 e. The van der Waals surface area contributed by atoms with Crippen LogP contribution in [0.15, 0.2) is 52.4 Å². The molecule has 2 aromatic carbocycles. The van der Waals surface area contributed by atoms with Crippen LogP contribution < -0.4 is 10.5 Å². The van der Waals surface area contributed by atoms with Crippen LogP contribution in [0, 0.1) is 5.82 Å². The van der Waals surface area contributed by atoms with Gasteiger partial charge in [0.15, 0.2) is 0 Å². The zero-order valence-corrected chi connectivity index (χ0v) is 13.0. The molecule has 0 fully saturated rings. The molecule has 0 bridgehead atoms. The van der Waals surface area contributed by atoms with Gasteiger partial charge in [0.25, 0.3) is 0 Å². The van der Waals surface area contributed by atoms with Crippen LogP contribution in [0.5, 0.6) is 5.75 Å². The minimum absolute atomic E-state index is 0.228. The second-order valence-corrected chi connectivity index (χ2v) is 6.01. The minimum atomic E-state index is -0.228. The van der Waals surface area contributed by atoms with E-state index in [1.165, 1.54) is 6.07 Å². The number of aromatic amines is 1. The molecule has 5 heteroatoms. The Morgan fingerprint density at radius 1 is 1.23 bits per heavy atom. The van der Waals surface area contributed by atoms with E-state index < -0.39 is 0 Å². The Morgan fingerprint density at radius 2 is 2.09 bits per heavy atom. The average Bonchev–Trinajstić information content (AvgIpc) is 2.93. The van der Waals surface area contributed by atoms with Crippen molar-refractivity contribution >= 4 is 22.7 Å². The number of methoxy groups -OCH3 is 1. The van der Waals surface area contributed by atoms with E-state index in [4.69, 9.17) is 10.5 Å². The Bertz CT molecular complexity index is 800. The fourth-order valence-corrected chi connectivity index (χ4v) is 3.54. The van der Waals surface area contributed by atoms with Crippen LogP contribution in [0.1, 0.15) is 5.56 Å². The van der Waals surface area contributed by atoms with Crippen molar-refractivity contribution in [1.29, 1.82) is 0 Å². The lowest BCUT2D eigenvalue weighted by atomic mass is 10.1. The largest absolute Gasteiger partial charge is 0.495 e. The van der Waals surface area contributed by atoms with E-state index in [-0.39, 0.29) is 5.82 Å². The van der Waals surface area contributed by atoms with E-state index in [9.17, 15) is 4.39 Å². The van der Waals surface area contributed by atoms with Crippen LogP contribution in [-0.2, 0) is 6.42 Å². The molecule has 0 amide bonds. The smallest absolute Gasteiger partial charge is 0.142 e. The van der Waals surface area contributed by atoms with Crippen molar-refractivity contribution in [2.75, 3.05) is 13.7 Å². The quantitative estimate of drug-likeness (QED) is 0.749. The highest BCUT2D eigenvalue weighted by Gasteiger charge is 2.11. The maximum atomic E-state index is 13.4. The normalized spacial score (nSPS) is 11.0. The number of hydrogen-bond acceptors (Lipinski definition) is 3. The predicted molar refractivity (Wildman–Crippen MR) is 88.1 cm³/mol. The Kier molecular flexibility index (Phi) is 4.36. The highest BCUT2D eigenvalue weighted by atomic mass is 32.2. The number of halogens is 1. The number of aromatic nitrogens is 1.